The van der Waals surface area contributed by atoms with Gasteiger partial charge in [-0.3, -0.25) is 4.79 Å². The largest absolute Gasteiger partial charge is 0.493 e. The van der Waals surface area contributed by atoms with Gasteiger partial charge in [-0.15, -0.1) is 11.8 Å². The second-order valence-corrected chi connectivity index (χ2v) is 6.33. The molecule has 124 valence electrons. The van der Waals surface area contributed by atoms with Crippen LogP contribution in [0.5, 0.6) is 11.5 Å². The number of nitrogens with two attached hydrogens (primary N) is 1. The van der Waals surface area contributed by atoms with Crippen molar-refractivity contribution >= 4 is 17.7 Å². The summed E-state index contributed by atoms with van der Waals surface area (Å²) in [4.78, 5) is 15.0. The first-order valence-corrected chi connectivity index (χ1v) is 8.37. The molecule has 0 aliphatic heterocycles. The Balaban J connectivity index is 3.03. The number of carbonyl (C=O) groups is 1. The van der Waals surface area contributed by atoms with Gasteiger partial charge in [0.1, 0.15) is 0 Å². The highest BCUT2D eigenvalue weighted by molar-refractivity contribution is 7.98. The minimum Gasteiger partial charge on any atom is -0.493 e. The second-order valence-electron chi connectivity index (χ2n) is 5.48. The zero-order chi connectivity index (χ0) is 16.9. The SMILES string of the molecule is COc1cc(CN(C)C(=O)[C@@H](N)C(C)C)c(SC)cc1OC. The molecule has 0 fully saturated rings. The quantitative estimate of drug-likeness (QED) is 0.779. The van der Waals surface area contributed by atoms with E-state index in [1.807, 2.05) is 32.2 Å². The predicted octanol–water partition coefficient (Wildman–Crippen LogP) is 2.37. The Hall–Kier alpha value is -1.40. The zero-order valence-corrected chi connectivity index (χ0v) is 15.0. The van der Waals surface area contributed by atoms with E-state index < -0.39 is 6.04 Å². The van der Waals surface area contributed by atoms with Gasteiger partial charge in [0.15, 0.2) is 11.5 Å². The normalized spacial score (nSPS) is 12.2. The monoisotopic (exact) mass is 326 g/mol. The van der Waals surface area contributed by atoms with Crippen LogP contribution in [0, 0.1) is 5.92 Å². The molecule has 22 heavy (non-hydrogen) atoms. The number of carbonyl (C=O) groups excluding carboxylic acids is 1. The summed E-state index contributed by atoms with van der Waals surface area (Å²) in [6.45, 7) is 4.37. The van der Waals surface area contributed by atoms with Gasteiger partial charge in [-0.25, -0.2) is 0 Å². The standard InChI is InChI=1S/C16H26N2O3S/c1-10(2)15(17)16(19)18(3)9-11-7-12(20-4)13(21-5)8-14(11)22-6/h7-8,10,15H,9,17H2,1-6H3/t15-/m0/s1. The molecule has 0 heterocycles. The summed E-state index contributed by atoms with van der Waals surface area (Å²) in [6.07, 6.45) is 1.99. The fourth-order valence-corrected chi connectivity index (χ4v) is 2.70. The number of thioether (sulfide) groups is 1. The number of amides is 1. The summed E-state index contributed by atoms with van der Waals surface area (Å²) in [5.74, 6) is 1.39. The lowest BCUT2D eigenvalue weighted by molar-refractivity contribution is -0.132. The van der Waals surface area contributed by atoms with E-state index in [0.29, 0.717) is 18.0 Å². The predicted molar refractivity (Wildman–Crippen MR) is 90.6 cm³/mol. The molecule has 5 nitrogen and oxygen atoms in total. The Labute approximate surface area is 137 Å². The van der Waals surface area contributed by atoms with Crippen LogP contribution in [0.1, 0.15) is 19.4 Å². The Morgan fingerprint density at radius 3 is 2.27 bits per heavy atom. The van der Waals surface area contributed by atoms with Crippen molar-refractivity contribution in [1.29, 1.82) is 0 Å². The smallest absolute Gasteiger partial charge is 0.239 e. The first-order chi connectivity index (χ1) is 10.3. The van der Waals surface area contributed by atoms with Gasteiger partial charge >= 0.3 is 0 Å². The van der Waals surface area contributed by atoms with Crippen molar-refractivity contribution < 1.29 is 14.3 Å². The molecule has 0 unspecified atom stereocenters. The topological polar surface area (TPSA) is 64.8 Å². The fourth-order valence-electron chi connectivity index (χ4n) is 2.09. The summed E-state index contributed by atoms with van der Waals surface area (Å²) in [6, 6.07) is 3.36. The molecule has 0 aliphatic rings. The molecular weight excluding hydrogens is 300 g/mol. The van der Waals surface area contributed by atoms with Crippen LogP contribution in [-0.4, -0.2) is 44.4 Å². The number of rotatable bonds is 7. The second kappa shape index (κ2) is 8.29. The lowest BCUT2D eigenvalue weighted by Crippen LogP contribution is -2.44. The van der Waals surface area contributed by atoms with Crippen molar-refractivity contribution in [1.82, 2.24) is 4.90 Å². The van der Waals surface area contributed by atoms with E-state index in [0.717, 1.165) is 10.5 Å². The summed E-state index contributed by atoms with van der Waals surface area (Å²) in [7, 11) is 4.98. The maximum atomic E-state index is 12.3. The van der Waals surface area contributed by atoms with Crippen LogP contribution < -0.4 is 15.2 Å². The molecule has 0 radical (unpaired) electrons. The number of benzene rings is 1. The van der Waals surface area contributed by atoms with Crippen LogP contribution in [0.15, 0.2) is 17.0 Å². The Bertz CT molecular complexity index is 520. The third-order valence-corrected chi connectivity index (χ3v) is 4.39. The maximum absolute atomic E-state index is 12.3. The number of methoxy groups -OCH3 is 2. The van der Waals surface area contributed by atoms with Crippen LogP contribution >= 0.6 is 11.8 Å². The van der Waals surface area contributed by atoms with Crippen molar-refractivity contribution in [2.75, 3.05) is 27.5 Å². The summed E-state index contributed by atoms with van der Waals surface area (Å²) in [5.41, 5.74) is 6.96. The Morgan fingerprint density at radius 2 is 1.82 bits per heavy atom. The highest BCUT2D eigenvalue weighted by Crippen LogP contribution is 2.35. The van der Waals surface area contributed by atoms with E-state index in [2.05, 4.69) is 0 Å². The zero-order valence-electron chi connectivity index (χ0n) is 14.2. The molecule has 0 saturated carbocycles. The Kier molecular flexibility index (Phi) is 7.03. The van der Waals surface area contributed by atoms with Crippen molar-refractivity contribution in [3.8, 4) is 11.5 Å². The fraction of sp³-hybridized carbons (Fsp3) is 0.562. The number of hydrogen-bond acceptors (Lipinski definition) is 5. The highest BCUT2D eigenvalue weighted by atomic mass is 32.2. The summed E-state index contributed by atoms with van der Waals surface area (Å²) in [5, 5.41) is 0. The lowest BCUT2D eigenvalue weighted by atomic mass is 10.0. The molecule has 1 aromatic rings. The summed E-state index contributed by atoms with van der Waals surface area (Å²) < 4.78 is 10.7. The third kappa shape index (κ3) is 4.30. The van der Waals surface area contributed by atoms with Crippen molar-refractivity contribution in [3.05, 3.63) is 17.7 Å². The average molecular weight is 326 g/mol. The van der Waals surface area contributed by atoms with Gasteiger partial charge in [-0.05, 0) is 29.9 Å². The summed E-state index contributed by atoms with van der Waals surface area (Å²) >= 11 is 1.61. The molecule has 0 aromatic heterocycles. The number of likely N-dealkylation sites (N-methyl/N-ethyl adjacent to an activating group) is 1. The molecule has 6 heteroatoms. The van der Waals surface area contributed by atoms with E-state index in [-0.39, 0.29) is 11.8 Å². The van der Waals surface area contributed by atoms with Gasteiger partial charge in [0.05, 0.1) is 20.3 Å². The molecular formula is C16H26N2O3S. The molecule has 0 saturated heterocycles. The molecule has 0 spiro atoms. The van der Waals surface area contributed by atoms with E-state index in [9.17, 15) is 4.79 Å². The van der Waals surface area contributed by atoms with Crippen LogP contribution in [-0.2, 0) is 11.3 Å². The van der Waals surface area contributed by atoms with Crippen molar-refractivity contribution in [3.63, 3.8) is 0 Å². The lowest BCUT2D eigenvalue weighted by Gasteiger charge is -2.24. The molecule has 0 aliphatic carbocycles. The van der Waals surface area contributed by atoms with Gasteiger partial charge in [0, 0.05) is 18.5 Å². The molecule has 1 rings (SSSR count). The van der Waals surface area contributed by atoms with Gasteiger partial charge in [0.2, 0.25) is 5.91 Å². The molecule has 1 atom stereocenters. The minimum absolute atomic E-state index is 0.0585. The third-order valence-electron chi connectivity index (χ3n) is 3.57. The number of hydrogen-bond donors (Lipinski definition) is 1. The highest BCUT2D eigenvalue weighted by Gasteiger charge is 2.22. The first kappa shape index (κ1) is 18.6. The van der Waals surface area contributed by atoms with Crippen LogP contribution in [0.4, 0.5) is 0 Å². The van der Waals surface area contributed by atoms with Gasteiger partial charge in [-0.1, -0.05) is 13.8 Å². The maximum Gasteiger partial charge on any atom is 0.239 e. The molecule has 0 bridgehead atoms. The van der Waals surface area contributed by atoms with Crippen molar-refractivity contribution in [2.45, 2.75) is 31.3 Å². The Morgan fingerprint density at radius 1 is 1.27 bits per heavy atom. The molecule has 1 amide bonds. The van der Waals surface area contributed by atoms with Crippen LogP contribution in [0.3, 0.4) is 0 Å². The number of nitrogens with zero attached hydrogens (tertiary/aromatic N) is 1. The van der Waals surface area contributed by atoms with E-state index in [1.165, 1.54) is 0 Å². The van der Waals surface area contributed by atoms with Crippen molar-refractivity contribution in [2.24, 2.45) is 11.7 Å². The molecule has 2 N–H and O–H groups in total. The van der Waals surface area contributed by atoms with E-state index >= 15 is 0 Å². The van der Waals surface area contributed by atoms with E-state index in [1.54, 1.807) is 37.9 Å². The average Bonchev–Trinajstić information content (AvgIpc) is 2.52. The van der Waals surface area contributed by atoms with Gasteiger partial charge < -0.3 is 20.1 Å². The van der Waals surface area contributed by atoms with E-state index in [4.69, 9.17) is 15.2 Å². The van der Waals surface area contributed by atoms with Gasteiger partial charge in [-0.2, -0.15) is 0 Å². The first-order valence-electron chi connectivity index (χ1n) is 7.15. The van der Waals surface area contributed by atoms with Gasteiger partial charge in [0.25, 0.3) is 0 Å². The molecule has 1 aromatic carbocycles. The minimum atomic E-state index is -0.483. The van der Waals surface area contributed by atoms with Crippen LogP contribution in [0.25, 0.3) is 0 Å². The number of ether oxygens (including phenoxy) is 2. The van der Waals surface area contributed by atoms with Crippen LogP contribution in [0.2, 0.25) is 0 Å².